The van der Waals surface area contributed by atoms with Gasteiger partial charge in [0, 0.05) is 25.7 Å². The summed E-state index contributed by atoms with van der Waals surface area (Å²) in [5, 5.41) is 0. The lowest BCUT2D eigenvalue weighted by atomic mass is 10.1. The van der Waals surface area contributed by atoms with E-state index in [1.807, 2.05) is 48.5 Å². The first-order valence-electron chi connectivity index (χ1n) is 7.98. The molecule has 0 fully saturated rings. The van der Waals surface area contributed by atoms with Gasteiger partial charge in [-0.2, -0.15) is 0 Å². The standard InChI is InChI=1S/C19H16N2O3/c22-13(9-11-18-20-14-5-1-3-7-16(14)23-18)10-12-19-21-15-6-2-4-8-17(15)24-19/h1-8H,9-12H2. The van der Waals surface area contributed by atoms with Crippen molar-refractivity contribution in [1.82, 2.24) is 9.97 Å². The van der Waals surface area contributed by atoms with Crippen LogP contribution in [0.4, 0.5) is 0 Å². The molecule has 0 aliphatic rings. The van der Waals surface area contributed by atoms with Gasteiger partial charge in [0.2, 0.25) is 0 Å². The molecule has 5 heteroatoms. The summed E-state index contributed by atoms with van der Waals surface area (Å²) in [5.74, 6) is 1.36. The van der Waals surface area contributed by atoms with Gasteiger partial charge in [0.1, 0.15) is 16.8 Å². The van der Waals surface area contributed by atoms with Crippen LogP contribution in [0.15, 0.2) is 57.4 Å². The van der Waals surface area contributed by atoms with Crippen molar-refractivity contribution in [1.29, 1.82) is 0 Å². The highest BCUT2D eigenvalue weighted by Crippen LogP contribution is 2.17. The molecule has 2 heterocycles. The topological polar surface area (TPSA) is 69.1 Å². The van der Waals surface area contributed by atoms with Gasteiger partial charge in [0.25, 0.3) is 0 Å². The van der Waals surface area contributed by atoms with Crippen molar-refractivity contribution in [2.75, 3.05) is 0 Å². The summed E-state index contributed by atoms with van der Waals surface area (Å²) < 4.78 is 11.3. The molecule has 120 valence electrons. The van der Waals surface area contributed by atoms with Gasteiger partial charge in [-0.05, 0) is 24.3 Å². The molecule has 5 nitrogen and oxygen atoms in total. The fourth-order valence-corrected chi connectivity index (χ4v) is 2.67. The first-order chi connectivity index (χ1) is 11.8. The highest BCUT2D eigenvalue weighted by molar-refractivity contribution is 5.79. The number of benzene rings is 2. The van der Waals surface area contributed by atoms with E-state index in [0.717, 1.165) is 22.2 Å². The molecule has 4 rings (SSSR count). The van der Waals surface area contributed by atoms with E-state index in [-0.39, 0.29) is 5.78 Å². The molecule has 0 radical (unpaired) electrons. The van der Waals surface area contributed by atoms with Gasteiger partial charge in [0.05, 0.1) is 0 Å². The molecule has 0 aliphatic carbocycles. The van der Waals surface area contributed by atoms with Crippen molar-refractivity contribution >= 4 is 28.0 Å². The van der Waals surface area contributed by atoms with Gasteiger partial charge >= 0.3 is 0 Å². The molecule has 0 bridgehead atoms. The molecule has 0 spiro atoms. The SMILES string of the molecule is O=C(CCc1nc2ccccc2o1)CCc1nc2ccccc2o1. The molecule has 0 aliphatic heterocycles. The summed E-state index contributed by atoms with van der Waals surface area (Å²) in [5.41, 5.74) is 3.16. The van der Waals surface area contributed by atoms with E-state index in [1.54, 1.807) is 0 Å². The number of hydrogen-bond donors (Lipinski definition) is 0. The Hall–Kier alpha value is -2.95. The number of fused-ring (bicyclic) bond motifs is 2. The molecule has 0 unspecified atom stereocenters. The van der Waals surface area contributed by atoms with Gasteiger partial charge in [-0.15, -0.1) is 0 Å². The van der Waals surface area contributed by atoms with Crippen LogP contribution in [0.5, 0.6) is 0 Å². The van der Waals surface area contributed by atoms with Crippen molar-refractivity contribution in [3.8, 4) is 0 Å². The Morgan fingerprint density at radius 2 is 1.21 bits per heavy atom. The summed E-state index contributed by atoms with van der Waals surface area (Å²) in [6.07, 6.45) is 1.85. The van der Waals surface area contributed by atoms with E-state index in [4.69, 9.17) is 8.83 Å². The Kier molecular flexibility index (Phi) is 3.83. The molecule has 0 saturated heterocycles. The van der Waals surface area contributed by atoms with E-state index in [2.05, 4.69) is 9.97 Å². The van der Waals surface area contributed by atoms with E-state index < -0.39 is 0 Å². The fourth-order valence-electron chi connectivity index (χ4n) is 2.67. The minimum absolute atomic E-state index is 0.152. The largest absolute Gasteiger partial charge is 0.441 e. The van der Waals surface area contributed by atoms with Crippen LogP contribution in [0.25, 0.3) is 22.2 Å². The number of carbonyl (C=O) groups excluding carboxylic acids is 1. The Balaban J connectivity index is 1.33. The normalized spacial score (nSPS) is 11.3. The highest BCUT2D eigenvalue weighted by Gasteiger charge is 2.11. The number of rotatable bonds is 6. The number of aromatic nitrogens is 2. The molecule has 0 atom stereocenters. The number of ketones is 1. The molecule has 24 heavy (non-hydrogen) atoms. The van der Waals surface area contributed by atoms with Crippen LogP contribution in [-0.2, 0) is 17.6 Å². The Morgan fingerprint density at radius 3 is 1.67 bits per heavy atom. The second-order valence-corrected chi connectivity index (χ2v) is 5.69. The average Bonchev–Trinajstić information content (AvgIpc) is 3.21. The number of nitrogens with zero attached hydrogens (tertiary/aromatic N) is 2. The number of para-hydroxylation sites is 4. The molecular formula is C19H16N2O3. The van der Waals surface area contributed by atoms with Gasteiger partial charge in [0.15, 0.2) is 22.9 Å². The van der Waals surface area contributed by atoms with Crippen molar-refractivity contribution in [3.63, 3.8) is 0 Å². The number of oxazole rings is 2. The zero-order valence-electron chi connectivity index (χ0n) is 13.1. The quantitative estimate of drug-likeness (QED) is 0.535. The summed E-state index contributed by atoms with van der Waals surface area (Å²) >= 11 is 0. The predicted molar refractivity (Wildman–Crippen MR) is 89.7 cm³/mol. The molecule has 2 aromatic heterocycles. The monoisotopic (exact) mass is 320 g/mol. The van der Waals surface area contributed by atoms with E-state index in [9.17, 15) is 4.79 Å². The minimum Gasteiger partial charge on any atom is -0.441 e. The van der Waals surface area contributed by atoms with Crippen LogP contribution in [0.1, 0.15) is 24.6 Å². The second kappa shape index (κ2) is 6.28. The molecule has 0 saturated carbocycles. The number of aryl methyl sites for hydroxylation is 2. The van der Waals surface area contributed by atoms with Gasteiger partial charge < -0.3 is 8.83 Å². The van der Waals surface area contributed by atoms with Crippen molar-refractivity contribution in [3.05, 3.63) is 60.3 Å². The third-order valence-electron chi connectivity index (χ3n) is 3.91. The fraction of sp³-hybridized carbons (Fsp3) is 0.211. The Labute approximate surface area is 138 Å². The maximum absolute atomic E-state index is 12.1. The molecule has 2 aromatic carbocycles. The van der Waals surface area contributed by atoms with Gasteiger partial charge in [-0.1, -0.05) is 24.3 Å². The minimum atomic E-state index is 0.152. The third-order valence-corrected chi connectivity index (χ3v) is 3.91. The van der Waals surface area contributed by atoms with Crippen LogP contribution >= 0.6 is 0 Å². The molecular weight excluding hydrogens is 304 g/mol. The van der Waals surface area contributed by atoms with Crippen LogP contribution in [0.3, 0.4) is 0 Å². The summed E-state index contributed by atoms with van der Waals surface area (Å²) in [6, 6.07) is 15.2. The van der Waals surface area contributed by atoms with Crippen LogP contribution < -0.4 is 0 Å². The number of carbonyl (C=O) groups is 1. The lowest BCUT2D eigenvalue weighted by molar-refractivity contribution is -0.119. The van der Waals surface area contributed by atoms with Crippen LogP contribution in [0, 0.1) is 0 Å². The molecule has 0 N–H and O–H groups in total. The lowest BCUT2D eigenvalue weighted by Crippen LogP contribution is -2.02. The summed E-state index contributed by atoms with van der Waals surface area (Å²) in [6.45, 7) is 0. The lowest BCUT2D eigenvalue weighted by Gasteiger charge is -1.96. The van der Waals surface area contributed by atoms with Crippen molar-refractivity contribution in [2.24, 2.45) is 0 Å². The van der Waals surface area contributed by atoms with E-state index >= 15 is 0 Å². The van der Waals surface area contributed by atoms with Crippen LogP contribution in [0.2, 0.25) is 0 Å². The maximum Gasteiger partial charge on any atom is 0.195 e. The first kappa shape index (κ1) is 14.6. The zero-order chi connectivity index (χ0) is 16.4. The average molecular weight is 320 g/mol. The van der Waals surface area contributed by atoms with E-state index in [1.165, 1.54) is 0 Å². The predicted octanol–water partition coefficient (Wildman–Crippen LogP) is 4.10. The molecule has 0 amide bonds. The Morgan fingerprint density at radius 1 is 0.750 bits per heavy atom. The molecule has 4 aromatic rings. The summed E-state index contributed by atoms with van der Waals surface area (Å²) in [4.78, 5) is 20.8. The first-order valence-corrected chi connectivity index (χ1v) is 7.98. The number of Topliss-reactive ketones (excluding diaryl/α,β-unsaturated/α-hetero) is 1. The smallest absolute Gasteiger partial charge is 0.195 e. The van der Waals surface area contributed by atoms with E-state index in [0.29, 0.717) is 37.5 Å². The van der Waals surface area contributed by atoms with Gasteiger partial charge in [-0.25, -0.2) is 9.97 Å². The summed E-state index contributed by atoms with van der Waals surface area (Å²) in [7, 11) is 0. The zero-order valence-corrected chi connectivity index (χ0v) is 13.1. The Bertz CT molecular complexity index is 854. The van der Waals surface area contributed by atoms with Crippen LogP contribution in [-0.4, -0.2) is 15.8 Å². The van der Waals surface area contributed by atoms with Crippen molar-refractivity contribution in [2.45, 2.75) is 25.7 Å². The maximum atomic E-state index is 12.1. The number of hydrogen-bond acceptors (Lipinski definition) is 5. The second-order valence-electron chi connectivity index (χ2n) is 5.69. The highest BCUT2D eigenvalue weighted by atomic mass is 16.4. The third kappa shape index (κ3) is 3.06. The van der Waals surface area contributed by atoms with Gasteiger partial charge in [-0.3, -0.25) is 4.79 Å². The van der Waals surface area contributed by atoms with Crippen molar-refractivity contribution < 1.29 is 13.6 Å².